The molecule has 0 saturated carbocycles. The lowest BCUT2D eigenvalue weighted by Crippen LogP contribution is -2.56. The molecule has 0 spiro atoms. The molecule has 0 radical (unpaired) electrons. The quantitative estimate of drug-likeness (QED) is 0.341. The zero-order chi connectivity index (χ0) is 14.5. The molecular weight excluding hydrogens is 246 g/mol. The normalized spacial score (nSPS) is 17.7. The molecule has 106 valence electrons. The summed E-state index contributed by atoms with van der Waals surface area (Å²) < 4.78 is 0. The highest BCUT2D eigenvalue weighted by atomic mass is 16.4. The fraction of sp³-hybridized carbons (Fsp3) is 0.800. The molecule has 0 fully saturated rings. The largest absolute Gasteiger partial charge is 0.394 e. The van der Waals surface area contributed by atoms with E-state index in [4.69, 9.17) is 10.2 Å². The molecule has 0 saturated heterocycles. The van der Waals surface area contributed by atoms with Gasteiger partial charge < -0.3 is 25.5 Å². The molecule has 8 nitrogen and oxygen atoms in total. The summed E-state index contributed by atoms with van der Waals surface area (Å²) in [6, 6.07) is -1.39. The van der Waals surface area contributed by atoms with Crippen molar-refractivity contribution < 1.29 is 35.1 Å². The van der Waals surface area contributed by atoms with E-state index in [0.29, 0.717) is 4.90 Å². The van der Waals surface area contributed by atoms with E-state index in [9.17, 15) is 24.9 Å². The first-order valence-corrected chi connectivity index (χ1v) is 5.34. The number of hydrogen-bond acceptors (Lipinski definition) is 7. The summed E-state index contributed by atoms with van der Waals surface area (Å²) in [4.78, 5) is 23.1. The molecule has 4 atom stereocenters. The summed E-state index contributed by atoms with van der Waals surface area (Å²) in [5, 5.41) is 46.1. The first kappa shape index (κ1) is 16.9. The third kappa shape index (κ3) is 4.00. The van der Waals surface area contributed by atoms with Crippen LogP contribution < -0.4 is 0 Å². The van der Waals surface area contributed by atoms with Gasteiger partial charge in [-0.3, -0.25) is 14.5 Å². The number of imide groups is 1. The number of carbonyl (C=O) groups excluding carboxylic acids is 2. The lowest BCUT2D eigenvalue weighted by atomic mass is 10.00. The topological polar surface area (TPSA) is 139 Å². The van der Waals surface area contributed by atoms with Gasteiger partial charge in [0, 0.05) is 13.8 Å². The molecule has 0 aliphatic rings. The maximum atomic E-state index is 11.2. The standard InChI is InChI=1S/C10H19NO7/c1-5(14)11(6(2)15)7(3-12)9(17)10(18)8(16)4-13/h7-10,12-13,16-18H,3-4H2,1-2H3/t7-,8+,9+,10+/m0/s1. The van der Waals surface area contributed by atoms with Gasteiger partial charge in [0.2, 0.25) is 11.8 Å². The predicted molar refractivity (Wildman–Crippen MR) is 59.2 cm³/mol. The van der Waals surface area contributed by atoms with Crippen molar-refractivity contribution in [2.45, 2.75) is 38.2 Å². The van der Waals surface area contributed by atoms with Crippen molar-refractivity contribution >= 4 is 11.8 Å². The molecule has 0 unspecified atom stereocenters. The van der Waals surface area contributed by atoms with E-state index in [1.54, 1.807) is 0 Å². The second kappa shape index (κ2) is 7.39. The van der Waals surface area contributed by atoms with Crippen LogP contribution in [0, 0.1) is 0 Å². The molecule has 0 aliphatic carbocycles. The zero-order valence-electron chi connectivity index (χ0n) is 10.2. The van der Waals surface area contributed by atoms with Gasteiger partial charge in [-0.25, -0.2) is 0 Å². The van der Waals surface area contributed by atoms with Crippen LogP contribution in [-0.2, 0) is 9.59 Å². The fourth-order valence-corrected chi connectivity index (χ4v) is 1.59. The summed E-state index contributed by atoms with van der Waals surface area (Å²) >= 11 is 0. The van der Waals surface area contributed by atoms with Gasteiger partial charge in [-0.1, -0.05) is 0 Å². The number of carbonyl (C=O) groups is 2. The number of nitrogens with zero attached hydrogens (tertiary/aromatic N) is 1. The summed E-state index contributed by atoms with van der Waals surface area (Å²) in [6.07, 6.45) is -5.21. The molecule has 0 aromatic rings. The molecule has 8 heteroatoms. The Bertz CT molecular complexity index is 282. The Morgan fingerprint density at radius 3 is 1.67 bits per heavy atom. The van der Waals surface area contributed by atoms with Crippen LogP contribution in [-0.4, -0.2) is 79.8 Å². The maximum absolute atomic E-state index is 11.2. The number of amides is 2. The van der Waals surface area contributed by atoms with Crippen LogP contribution in [0.2, 0.25) is 0 Å². The van der Waals surface area contributed by atoms with Gasteiger partial charge in [-0.15, -0.1) is 0 Å². The Morgan fingerprint density at radius 2 is 1.39 bits per heavy atom. The monoisotopic (exact) mass is 265 g/mol. The van der Waals surface area contributed by atoms with E-state index < -0.39 is 49.4 Å². The van der Waals surface area contributed by atoms with E-state index in [1.807, 2.05) is 0 Å². The highest BCUT2D eigenvalue weighted by Gasteiger charge is 2.37. The van der Waals surface area contributed by atoms with E-state index in [-0.39, 0.29) is 0 Å². The lowest BCUT2D eigenvalue weighted by Gasteiger charge is -2.33. The molecule has 0 rings (SSSR count). The van der Waals surface area contributed by atoms with Gasteiger partial charge in [0.25, 0.3) is 0 Å². The van der Waals surface area contributed by atoms with Crippen molar-refractivity contribution in [3.05, 3.63) is 0 Å². The van der Waals surface area contributed by atoms with Crippen molar-refractivity contribution in [1.29, 1.82) is 0 Å². The van der Waals surface area contributed by atoms with Crippen LogP contribution in [0.4, 0.5) is 0 Å². The number of hydrogen-bond donors (Lipinski definition) is 5. The van der Waals surface area contributed by atoms with Gasteiger partial charge in [-0.2, -0.15) is 0 Å². The highest BCUT2D eigenvalue weighted by Crippen LogP contribution is 2.12. The number of aliphatic hydroxyl groups excluding tert-OH is 5. The van der Waals surface area contributed by atoms with Crippen LogP contribution in [0.15, 0.2) is 0 Å². The average molecular weight is 265 g/mol. The van der Waals surface area contributed by atoms with E-state index in [1.165, 1.54) is 0 Å². The molecule has 0 bridgehead atoms. The second-order valence-corrected chi connectivity index (χ2v) is 3.89. The van der Waals surface area contributed by atoms with Crippen molar-refractivity contribution in [1.82, 2.24) is 4.90 Å². The molecule has 0 aliphatic heterocycles. The molecule has 0 heterocycles. The van der Waals surface area contributed by atoms with Gasteiger partial charge in [0.05, 0.1) is 19.3 Å². The predicted octanol–water partition coefficient (Wildman–Crippen LogP) is -3.18. The minimum Gasteiger partial charge on any atom is -0.394 e. The minimum absolute atomic E-state index is 0.581. The SMILES string of the molecule is CC(=O)N(C(C)=O)[C@@H](CO)[C@@H](O)[C@H](O)[C@H](O)CO. The Morgan fingerprint density at radius 1 is 0.944 bits per heavy atom. The number of aliphatic hydroxyl groups is 5. The summed E-state index contributed by atoms with van der Waals surface area (Å²) in [6.45, 7) is 0.531. The Balaban J connectivity index is 5.05. The maximum Gasteiger partial charge on any atom is 0.226 e. The Labute approximate surface area is 104 Å². The van der Waals surface area contributed by atoms with Crippen molar-refractivity contribution in [2.75, 3.05) is 13.2 Å². The van der Waals surface area contributed by atoms with E-state index in [2.05, 4.69) is 0 Å². The first-order valence-electron chi connectivity index (χ1n) is 5.34. The van der Waals surface area contributed by atoms with Gasteiger partial charge in [0.1, 0.15) is 18.3 Å². The molecule has 18 heavy (non-hydrogen) atoms. The second-order valence-electron chi connectivity index (χ2n) is 3.89. The van der Waals surface area contributed by atoms with Crippen LogP contribution in [0.1, 0.15) is 13.8 Å². The van der Waals surface area contributed by atoms with Gasteiger partial charge in [-0.05, 0) is 0 Å². The molecule has 5 N–H and O–H groups in total. The third-order valence-electron chi connectivity index (χ3n) is 2.52. The number of rotatable bonds is 6. The van der Waals surface area contributed by atoms with Crippen LogP contribution >= 0.6 is 0 Å². The molecular formula is C10H19NO7. The van der Waals surface area contributed by atoms with Crippen LogP contribution in [0.25, 0.3) is 0 Å². The molecule has 2 amide bonds. The van der Waals surface area contributed by atoms with Gasteiger partial charge in [0.15, 0.2) is 0 Å². The lowest BCUT2D eigenvalue weighted by molar-refractivity contribution is -0.156. The van der Waals surface area contributed by atoms with Crippen LogP contribution in [0.5, 0.6) is 0 Å². The zero-order valence-corrected chi connectivity index (χ0v) is 10.2. The average Bonchev–Trinajstić information content (AvgIpc) is 2.31. The first-order chi connectivity index (χ1) is 8.27. The summed E-state index contributed by atoms with van der Waals surface area (Å²) in [5.41, 5.74) is 0. The highest BCUT2D eigenvalue weighted by molar-refractivity contribution is 5.93. The van der Waals surface area contributed by atoms with E-state index in [0.717, 1.165) is 13.8 Å². The van der Waals surface area contributed by atoms with Crippen molar-refractivity contribution in [2.24, 2.45) is 0 Å². The minimum atomic E-state index is -1.80. The van der Waals surface area contributed by atoms with E-state index >= 15 is 0 Å². The summed E-state index contributed by atoms with van der Waals surface area (Å²) in [5.74, 6) is -1.43. The van der Waals surface area contributed by atoms with Crippen LogP contribution in [0.3, 0.4) is 0 Å². The summed E-state index contributed by atoms with van der Waals surface area (Å²) in [7, 11) is 0. The molecule has 0 aromatic heterocycles. The van der Waals surface area contributed by atoms with Crippen molar-refractivity contribution in [3.8, 4) is 0 Å². The fourth-order valence-electron chi connectivity index (χ4n) is 1.59. The Kier molecular flexibility index (Phi) is 6.96. The Hall–Kier alpha value is -1.06. The smallest absolute Gasteiger partial charge is 0.226 e. The third-order valence-corrected chi connectivity index (χ3v) is 2.52. The van der Waals surface area contributed by atoms with Crippen molar-refractivity contribution in [3.63, 3.8) is 0 Å². The van der Waals surface area contributed by atoms with Gasteiger partial charge >= 0.3 is 0 Å². The molecule has 0 aromatic carbocycles.